The quantitative estimate of drug-likeness (QED) is 0.456. The molecule has 27 heavy (non-hydrogen) atoms. The van der Waals surface area contributed by atoms with Crippen molar-refractivity contribution in [3.05, 3.63) is 41.7 Å². The molecule has 1 atom stereocenters. The van der Waals surface area contributed by atoms with Crippen LogP contribution < -0.4 is 4.74 Å². The summed E-state index contributed by atoms with van der Waals surface area (Å²) in [6.45, 7) is 5.34. The van der Waals surface area contributed by atoms with Gasteiger partial charge in [-0.2, -0.15) is 0 Å². The Hall–Kier alpha value is -1.90. The molecule has 146 valence electrons. The topological polar surface area (TPSA) is 35.0 Å². The van der Waals surface area contributed by atoms with Crippen LogP contribution in [0.2, 0.25) is 0 Å². The Bertz CT molecular complexity index is 696. The molecule has 1 unspecified atom stereocenters. The lowest BCUT2D eigenvalue weighted by Gasteiger charge is -2.22. The number of nitrogens with zero attached hydrogens (tertiary/aromatic N) is 2. The van der Waals surface area contributed by atoms with E-state index in [-0.39, 0.29) is 0 Å². The minimum Gasteiger partial charge on any atom is -0.494 e. The van der Waals surface area contributed by atoms with Gasteiger partial charge < -0.3 is 4.74 Å². The molecule has 1 aliphatic carbocycles. The molecule has 3 nitrogen and oxygen atoms in total. The molecular weight excluding hydrogens is 332 g/mol. The SMILES string of the molecule is CCCCCCCCOc1ccc(-c2ncc3c(n2)CCC(CC)C3)cc1. The second-order valence-corrected chi connectivity index (χ2v) is 7.82. The van der Waals surface area contributed by atoms with Crippen molar-refractivity contribution in [1.29, 1.82) is 0 Å². The monoisotopic (exact) mass is 366 g/mol. The van der Waals surface area contributed by atoms with E-state index < -0.39 is 0 Å². The highest BCUT2D eigenvalue weighted by molar-refractivity contribution is 5.56. The zero-order chi connectivity index (χ0) is 18.9. The second-order valence-electron chi connectivity index (χ2n) is 7.82. The molecule has 0 amide bonds. The van der Waals surface area contributed by atoms with E-state index in [2.05, 4.69) is 31.0 Å². The summed E-state index contributed by atoms with van der Waals surface area (Å²) in [5.41, 5.74) is 3.66. The molecule has 2 aromatic rings. The third-order valence-corrected chi connectivity index (χ3v) is 5.71. The molecule has 0 saturated heterocycles. The average Bonchev–Trinajstić information content (AvgIpc) is 2.73. The van der Waals surface area contributed by atoms with E-state index in [9.17, 15) is 0 Å². The minimum absolute atomic E-state index is 0.801. The number of aromatic nitrogens is 2. The summed E-state index contributed by atoms with van der Waals surface area (Å²) < 4.78 is 5.88. The van der Waals surface area contributed by atoms with Gasteiger partial charge in [-0.15, -0.1) is 0 Å². The van der Waals surface area contributed by atoms with Gasteiger partial charge in [0, 0.05) is 17.5 Å². The van der Waals surface area contributed by atoms with Crippen LogP contribution in [0.15, 0.2) is 30.5 Å². The van der Waals surface area contributed by atoms with Crippen LogP contribution in [0, 0.1) is 5.92 Å². The molecular formula is C24H34N2O. The van der Waals surface area contributed by atoms with E-state index in [1.54, 1.807) is 0 Å². The van der Waals surface area contributed by atoms with Gasteiger partial charge in [0.25, 0.3) is 0 Å². The first kappa shape index (κ1) is 19.9. The van der Waals surface area contributed by atoms with Crippen molar-refractivity contribution in [1.82, 2.24) is 9.97 Å². The Morgan fingerprint density at radius 3 is 2.56 bits per heavy atom. The minimum atomic E-state index is 0.801. The van der Waals surface area contributed by atoms with Crippen LogP contribution in [0.1, 0.15) is 76.5 Å². The fraction of sp³-hybridized carbons (Fsp3) is 0.583. The Labute approximate surface area is 164 Å². The van der Waals surface area contributed by atoms with E-state index in [0.29, 0.717) is 0 Å². The smallest absolute Gasteiger partial charge is 0.159 e. The molecule has 0 saturated carbocycles. The number of unbranched alkanes of at least 4 members (excludes halogenated alkanes) is 5. The van der Waals surface area contributed by atoms with Gasteiger partial charge >= 0.3 is 0 Å². The van der Waals surface area contributed by atoms with Gasteiger partial charge in [0.2, 0.25) is 0 Å². The first-order chi connectivity index (χ1) is 13.3. The maximum atomic E-state index is 5.88. The fourth-order valence-electron chi connectivity index (χ4n) is 3.84. The fourth-order valence-corrected chi connectivity index (χ4v) is 3.84. The van der Waals surface area contributed by atoms with Crippen LogP contribution in [0.3, 0.4) is 0 Å². The Kier molecular flexibility index (Phi) is 7.67. The third kappa shape index (κ3) is 5.79. The molecule has 1 heterocycles. The van der Waals surface area contributed by atoms with Gasteiger partial charge in [0.05, 0.1) is 6.61 Å². The summed E-state index contributed by atoms with van der Waals surface area (Å²) in [4.78, 5) is 9.46. The van der Waals surface area contributed by atoms with Crippen LogP contribution in [-0.2, 0) is 12.8 Å². The van der Waals surface area contributed by atoms with Crippen molar-refractivity contribution >= 4 is 0 Å². The summed E-state index contributed by atoms with van der Waals surface area (Å²) in [5, 5.41) is 0. The molecule has 1 aromatic carbocycles. The summed E-state index contributed by atoms with van der Waals surface area (Å²) in [5.74, 6) is 2.58. The molecule has 3 heteroatoms. The maximum absolute atomic E-state index is 5.88. The van der Waals surface area contributed by atoms with Crippen LogP contribution in [0.5, 0.6) is 5.75 Å². The van der Waals surface area contributed by atoms with Crippen LogP contribution in [0.4, 0.5) is 0 Å². The molecule has 1 aliphatic rings. The van der Waals surface area contributed by atoms with E-state index in [1.807, 2.05) is 18.3 Å². The first-order valence-electron chi connectivity index (χ1n) is 10.9. The van der Waals surface area contributed by atoms with Crippen LogP contribution in [0.25, 0.3) is 11.4 Å². The number of rotatable bonds is 10. The molecule has 0 bridgehead atoms. The summed E-state index contributed by atoms with van der Waals surface area (Å²) in [7, 11) is 0. The highest BCUT2D eigenvalue weighted by Crippen LogP contribution is 2.28. The predicted octanol–water partition coefficient (Wildman–Crippen LogP) is 6.40. The van der Waals surface area contributed by atoms with E-state index in [0.717, 1.165) is 48.9 Å². The number of hydrogen-bond donors (Lipinski definition) is 0. The van der Waals surface area contributed by atoms with Gasteiger partial charge in [0.15, 0.2) is 5.82 Å². The van der Waals surface area contributed by atoms with E-state index in [1.165, 1.54) is 56.2 Å². The predicted molar refractivity (Wildman–Crippen MR) is 112 cm³/mol. The highest BCUT2D eigenvalue weighted by atomic mass is 16.5. The Morgan fingerprint density at radius 1 is 1.00 bits per heavy atom. The van der Waals surface area contributed by atoms with Crippen molar-refractivity contribution < 1.29 is 4.74 Å². The van der Waals surface area contributed by atoms with Gasteiger partial charge in [-0.25, -0.2) is 9.97 Å². The zero-order valence-corrected chi connectivity index (χ0v) is 17.0. The number of ether oxygens (including phenoxy) is 1. The zero-order valence-electron chi connectivity index (χ0n) is 17.0. The normalized spacial score (nSPS) is 16.1. The molecule has 0 fully saturated rings. The molecule has 0 aliphatic heterocycles. The van der Waals surface area contributed by atoms with Gasteiger partial charge in [0.1, 0.15) is 5.75 Å². The Morgan fingerprint density at radius 2 is 1.78 bits per heavy atom. The van der Waals surface area contributed by atoms with Gasteiger partial charge in [-0.3, -0.25) is 0 Å². The van der Waals surface area contributed by atoms with Gasteiger partial charge in [-0.1, -0.05) is 52.4 Å². The molecule has 1 aromatic heterocycles. The first-order valence-corrected chi connectivity index (χ1v) is 10.9. The summed E-state index contributed by atoms with van der Waals surface area (Å²) in [6.07, 6.45) is 14.5. The summed E-state index contributed by atoms with van der Waals surface area (Å²) >= 11 is 0. The van der Waals surface area contributed by atoms with Gasteiger partial charge in [-0.05, 0) is 61.4 Å². The van der Waals surface area contributed by atoms with Crippen molar-refractivity contribution in [3.63, 3.8) is 0 Å². The molecule has 0 radical (unpaired) electrons. The molecule has 3 rings (SSSR count). The van der Waals surface area contributed by atoms with Crippen LogP contribution in [-0.4, -0.2) is 16.6 Å². The number of fused-ring (bicyclic) bond motifs is 1. The number of aryl methyl sites for hydroxylation is 1. The van der Waals surface area contributed by atoms with Crippen LogP contribution >= 0.6 is 0 Å². The highest BCUT2D eigenvalue weighted by Gasteiger charge is 2.19. The number of hydrogen-bond acceptors (Lipinski definition) is 3. The standard InChI is InChI=1S/C24H34N2O/c1-3-5-6-7-8-9-16-27-22-13-11-20(12-14-22)24-25-18-21-17-19(4-2)10-15-23(21)26-24/h11-14,18-19H,3-10,15-17H2,1-2H3. The lowest BCUT2D eigenvalue weighted by Crippen LogP contribution is -2.15. The molecule has 0 N–H and O–H groups in total. The maximum Gasteiger partial charge on any atom is 0.159 e. The van der Waals surface area contributed by atoms with Crippen molar-refractivity contribution in [2.75, 3.05) is 6.61 Å². The largest absolute Gasteiger partial charge is 0.494 e. The van der Waals surface area contributed by atoms with E-state index in [4.69, 9.17) is 9.72 Å². The van der Waals surface area contributed by atoms with Crippen molar-refractivity contribution in [2.24, 2.45) is 5.92 Å². The van der Waals surface area contributed by atoms with Crippen molar-refractivity contribution in [2.45, 2.75) is 78.1 Å². The Balaban J connectivity index is 1.50. The number of benzene rings is 1. The third-order valence-electron chi connectivity index (χ3n) is 5.71. The average molecular weight is 367 g/mol. The molecule has 0 spiro atoms. The lowest BCUT2D eigenvalue weighted by atomic mass is 9.86. The lowest BCUT2D eigenvalue weighted by molar-refractivity contribution is 0.304. The second kappa shape index (κ2) is 10.4. The van der Waals surface area contributed by atoms with Crippen molar-refractivity contribution in [3.8, 4) is 17.1 Å². The summed E-state index contributed by atoms with van der Waals surface area (Å²) in [6, 6.07) is 8.25. The van der Waals surface area contributed by atoms with E-state index >= 15 is 0 Å².